The van der Waals surface area contributed by atoms with E-state index in [-0.39, 0.29) is 5.91 Å². The van der Waals surface area contributed by atoms with Crippen molar-refractivity contribution < 1.29 is 4.79 Å². The molecule has 2 aromatic heterocycles. The van der Waals surface area contributed by atoms with Gasteiger partial charge in [-0.2, -0.15) is 0 Å². The van der Waals surface area contributed by atoms with Gasteiger partial charge in [-0.25, -0.2) is 4.98 Å². The fraction of sp³-hybridized carbons (Fsp3) is 0.296. The predicted octanol–water partition coefficient (Wildman–Crippen LogP) is 3.86. The van der Waals surface area contributed by atoms with Gasteiger partial charge in [-0.05, 0) is 67.3 Å². The van der Waals surface area contributed by atoms with Gasteiger partial charge in [0.25, 0.3) is 5.91 Å². The first kappa shape index (κ1) is 22.3. The summed E-state index contributed by atoms with van der Waals surface area (Å²) >= 11 is 0. The van der Waals surface area contributed by atoms with Crippen molar-refractivity contribution in [2.75, 3.05) is 7.05 Å². The number of nitrogens with zero attached hydrogens (tertiary/aromatic N) is 3. The van der Waals surface area contributed by atoms with Gasteiger partial charge in [-0.15, -0.1) is 0 Å². The van der Waals surface area contributed by atoms with Crippen LogP contribution in [0, 0.1) is 0 Å². The summed E-state index contributed by atoms with van der Waals surface area (Å²) in [5, 5.41) is 2.99. The number of rotatable bonds is 7. The van der Waals surface area contributed by atoms with E-state index in [9.17, 15) is 4.79 Å². The standard InChI is InChI=1S/C27H30N6O/c1-33(24-6-2-4-20-5-3-13-29-26(20)24)17-25-31-22-12-11-21(14-23(22)32-25)27(34)30-16-19-9-7-18(15-28)8-10-19/h3,5,7-14,24H,2,4,6,15-17,28H2,1H3,(H,30,34)(H,31,32). The highest BCUT2D eigenvalue weighted by Gasteiger charge is 2.25. The molecule has 2 aromatic carbocycles. The Balaban J connectivity index is 1.26. The van der Waals surface area contributed by atoms with E-state index in [0.717, 1.165) is 40.8 Å². The Morgan fingerprint density at radius 1 is 1.18 bits per heavy atom. The van der Waals surface area contributed by atoms with Crippen molar-refractivity contribution in [3.05, 3.63) is 94.6 Å². The Bertz CT molecular complexity index is 1300. The summed E-state index contributed by atoms with van der Waals surface area (Å²) < 4.78 is 0. The van der Waals surface area contributed by atoms with Crippen LogP contribution >= 0.6 is 0 Å². The number of fused-ring (bicyclic) bond motifs is 2. The lowest BCUT2D eigenvalue weighted by molar-refractivity contribution is 0.0951. The molecule has 0 radical (unpaired) electrons. The zero-order chi connectivity index (χ0) is 23.5. The molecule has 7 heteroatoms. The summed E-state index contributed by atoms with van der Waals surface area (Å²) in [6.07, 6.45) is 5.25. The van der Waals surface area contributed by atoms with E-state index in [2.05, 4.69) is 33.3 Å². The van der Waals surface area contributed by atoms with Gasteiger partial charge in [-0.3, -0.25) is 14.7 Å². The van der Waals surface area contributed by atoms with E-state index in [1.54, 1.807) is 0 Å². The van der Waals surface area contributed by atoms with E-state index in [1.165, 1.54) is 17.7 Å². The van der Waals surface area contributed by atoms with Crippen LogP contribution in [-0.2, 0) is 26.1 Å². The van der Waals surface area contributed by atoms with Crippen LogP contribution in [0.5, 0.6) is 0 Å². The second-order valence-corrected chi connectivity index (χ2v) is 8.99. The van der Waals surface area contributed by atoms with Crippen molar-refractivity contribution in [1.29, 1.82) is 0 Å². The minimum Gasteiger partial charge on any atom is -0.348 e. The summed E-state index contributed by atoms with van der Waals surface area (Å²) in [6, 6.07) is 18.0. The molecular weight excluding hydrogens is 424 g/mol. The minimum absolute atomic E-state index is 0.108. The number of amides is 1. The molecule has 2 heterocycles. The fourth-order valence-corrected chi connectivity index (χ4v) is 4.72. The number of aryl methyl sites for hydroxylation is 1. The van der Waals surface area contributed by atoms with Crippen molar-refractivity contribution in [3.8, 4) is 0 Å². The van der Waals surface area contributed by atoms with Gasteiger partial charge >= 0.3 is 0 Å². The molecule has 0 fully saturated rings. The van der Waals surface area contributed by atoms with Gasteiger partial charge in [-0.1, -0.05) is 30.3 Å². The number of nitrogens with two attached hydrogens (primary N) is 1. The van der Waals surface area contributed by atoms with Crippen LogP contribution in [0.3, 0.4) is 0 Å². The van der Waals surface area contributed by atoms with Crippen molar-refractivity contribution in [3.63, 3.8) is 0 Å². The lowest BCUT2D eigenvalue weighted by Gasteiger charge is -2.31. The number of hydrogen-bond donors (Lipinski definition) is 3. The number of pyridine rings is 1. The van der Waals surface area contributed by atoms with Crippen LogP contribution in [0.2, 0.25) is 0 Å². The molecule has 0 saturated heterocycles. The topological polar surface area (TPSA) is 99.9 Å². The molecule has 174 valence electrons. The van der Waals surface area contributed by atoms with Crippen LogP contribution in [0.1, 0.15) is 57.5 Å². The molecule has 1 amide bonds. The average Bonchev–Trinajstić information content (AvgIpc) is 3.28. The van der Waals surface area contributed by atoms with E-state index >= 15 is 0 Å². The first-order chi connectivity index (χ1) is 16.6. The molecule has 1 aliphatic carbocycles. The van der Waals surface area contributed by atoms with Crippen LogP contribution in [-0.4, -0.2) is 32.8 Å². The molecule has 5 rings (SSSR count). The smallest absolute Gasteiger partial charge is 0.251 e. The normalized spacial score (nSPS) is 15.4. The number of carbonyl (C=O) groups is 1. The molecule has 0 spiro atoms. The second kappa shape index (κ2) is 9.75. The van der Waals surface area contributed by atoms with Crippen LogP contribution < -0.4 is 11.1 Å². The highest BCUT2D eigenvalue weighted by Crippen LogP contribution is 2.32. The monoisotopic (exact) mass is 454 g/mol. The lowest BCUT2D eigenvalue weighted by Crippen LogP contribution is -2.28. The van der Waals surface area contributed by atoms with E-state index in [1.807, 2.05) is 54.7 Å². The maximum absolute atomic E-state index is 12.7. The summed E-state index contributed by atoms with van der Waals surface area (Å²) in [5.74, 6) is 0.779. The number of aromatic nitrogens is 3. The number of aromatic amines is 1. The molecule has 4 N–H and O–H groups in total. The van der Waals surface area contributed by atoms with Gasteiger partial charge in [0, 0.05) is 24.8 Å². The first-order valence-corrected chi connectivity index (χ1v) is 11.8. The maximum Gasteiger partial charge on any atom is 0.251 e. The highest BCUT2D eigenvalue weighted by atomic mass is 16.1. The van der Waals surface area contributed by atoms with E-state index in [0.29, 0.717) is 31.2 Å². The van der Waals surface area contributed by atoms with Crippen LogP contribution in [0.15, 0.2) is 60.8 Å². The Hall–Kier alpha value is -3.55. The van der Waals surface area contributed by atoms with Gasteiger partial charge in [0.05, 0.1) is 29.3 Å². The molecule has 1 unspecified atom stereocenters. The molecule has 7 nitrogen and oxygen atoms in total. The SMILES string of the molecule is CN(Cc1nc2ccc(C(=O)NCc3ccc(CN)cc3)cc2[nH]1)C1CCCc2cccnc21. The predicted molar refractivity (Wildman–Crippen MR) is 133 cm³/mol. The number of H-pyrrole nitrogens is 1. The lowest BCUT2D eigenvalue weighted by atomic mass is 9.91. The highest BCUT2D eigenvalue weighted by molar-refractivity contribution is 5.97. The second-order valence-electron chi connectivity index (χ2n) is 8.99. The fourth-order valence-electron chi connectivity index (χ4n) is 4.72. The van der Waals surface area contributed by atoms with E-state index in [4.69, 9.17) is 10.7 Å². The van der Waals surface area contributed by atoms with Gasteiger partial charge in [0.15, 0.2) is 0 Å². The average molecular weight is 455 g/mol. The molecule has 34 heavy (non-hydrogen) atoms. The number of benzene rings is 2. The third-order valence-corrected chi connectivity index (χ3v) is 6.60. The molecule has 4 aromatic rings. The van der Waals surface area contributed by atoms with Crippen LogP contribution in [0.25, 0.3) is 11.0 Å². The van der Waals surface area contributed by atoms with Crippen LogP contribution in [0.4, 0.5) is 0 Å². The Morgan fingerprint density at radius 2 is 2.00 bits per heavy atom. The Labute approximate surface area is 199 Å². The summed E-state index contributed by atoms with van der Waals surface area (Å²) in [6.45, 7) is 1.67. The first-order valence-electron chi connectivity index (χ1n) is 11.8. The van der Waals surface area contributed by atoms with Gasteiger partial charge in [0.2, 0.25) is 0 Å². The molecular formula is C27H30N6O. The van der Waals surface area contributed by atoms with Crippen molar-refractivity contribution in [2.24, 2.45) is 5.73 Å². The quantitative estimate of drug-likeness (QED) is 0.394. The Morgan fingerprint density at radius 3 is 2.82 bits per heavy atom. The maximum atomic E-state index is 12.7. The number of nitrogens with one attached hydrogen (secondary N) is 2. The number of imidazole rings is 1. The molecule has 1 aliphatic rings. The van der Waals surface area contributed by atoms with Crippen molar-refractivity contribution >= 4 is 16.9 Å². The summed E-state index contributed by atoms with van der Waals surface area (Å²) in [5.41, 5.74) is 12.6. The van der Waals surface area contributed by atoms with Crippen molar-refractivity contribution in [1.82, 2.24) is 25.2 Å². The summed E-state index contributed by atoms with van der Waals surface area (Å²) in [7, 11) is 2.13. The number of carbonyl (C=O) groups excluding carboxylic acids is 1. The summed E-state index contributed by atoms with van der Waals surface area (Å²) in [4.78, 5) is 27.8. The zero-order valence-corrected chi connectivity index (χ0v) is 19.4. The molecule has 0 bridgehead atoms. The number of hydrogen-bond acceptors (Lipinski definition) is 5. The third-order valence-electron chi connectivity index (χ3n) is 6.60. The molecule has 0 saturated carbocycles. The minimum atomic E-state index is -0.108. The third kappa shape index (κ3) is 4.71. The molecule has 1 atom stereocenters. The van der Waals surface area contributed by atoms with Gasteiger partial charge < -0.3 is 16.0 Å². The van der Waals surface area contributed by atoms with Crippen molar-refractivity contribution in [2.45, 2.75) is 44.9 Å². The zero-order valence-electron chi connectivity index (χ0n) is 19.4. The van der Waals surface area contributed by atoms with Gasteiger partial charge in [0.1, 0.15) is 5.82 Å². The Kier molecular flexibility index (Phi) is 6.38. The van der Waals surface area contributed by atoms with E-state index < -0.39 is 0 Å². The largest absolute Gasteiger partial charge is 0.348 e. The molecule has 0 aliphatic heterocycles.